The van der Waals surface area contributed by atoms with Gasteiger partial charge < -0.3 is 20.3 Å². The summed E-state index contributed by atoms with van der Waals surface area (Å²) in [5, 5.41) is 10.6. The van der Waals surface area contributed by atoms with Gasteiger partial charge in [0.15, 0.2) is 0 Å². The average Bonchev–Trinajstić information content (AvgIpc) is 3.26. The number of thiophene rings is 1. The number of anilines is 2. The number of benzene rings is 2. The van der Waals surface area contributed by atoms with Gasteiger partial charge in [0.05, 0.1) is 13.3 Å². The van der Waals surface area contributed by atoms with E-state index in [1.54, 1.807) is 0 Å². The maximum absolute atomic E-state index is 6.11. The van der Waals surface area contributed by atoms with E-state index >= 15 is 0 Å². The van der Waals surface area contributed by atoms with Crippen LogP contribution in [-0.2, 0) is 6.54 Å². The van der Waals surface area contributed by atoms with Gasteiger partial charge in [-0.15, -0.1) is 23.7 Å². The summed E-state index contributed by atoms with van der Waals surface area (Å²) in [7, 11) is 2.13. The van der Waals surface area contributed by atoms with Crippen LogP contribution in [0.3, 0.4) is 0 Å². The first-order valence-electron chi connectivity index (χ1n) is 10.9. The van der Waals surface area contributed by atoms with Crippen molar-refractivity contribution in [3.05, 3.63) is 53.4 Å². The number of nitrogens with one attached hydrogen (secondary N) is 2. The van der Waals surface area contributed by atoms with Crippen LogP contribution in [0.4, 0.5) is 11.4 Å². The molecule has 2 N–H and O–H groups in total. The van der Waals surface area contributed by atoms with Crippen molar-refractivity contribution in [1.29, 1.82) is 0 Å². The van der Waals surface area contributed by atoms with Crippen molar-refractivity contribution in [1.82, 2.24) is 10.2 Å². The highest BCUT2D eigenvalue weighted by Crippen LogP contribution is 2.33. The van der Waals surface area contributed by atoms with Crippen LogP contribution in [0.5, 0.6) is 5.75 Å². The molecule has 1 unspecified atom stereocenters. The third-order valence-corrected chi connectivity index (χ3v) is 7.02. The topological polar surface area (TPSA) is 39.8 Å². The lowest BCUT2D eigenvalue weighted by atomic mass is 10.1. The molecule has 3 heterocycles. The first kappa shape index (κ1) is 22.2. The van der Waals surface area contributed by atoms with Crippen LogP contribution in [-0.4, -0.2) is 50.9 Å². The Morgan fingerprint density at radius 2 is 2.13 bits per heavy atom. The van der Waals surface area contributed by atoms with E-state index in [-0.39, 0.29) is 12.4 Å². The van der Waals surface area contributed by atoms with E-state index in [0.29, 0.717) is 6.04 Å². The van der Waals surface area contributed by atoms with Gasteiger partial charge >= 0.3 is 0 Å². The molecule has 1 atom stereocenters. The molecule has 0 saturated carbocycles. The smallest absolute Gasteiger partial charge is 0.119 e. The summed E-state index contributed by atoms with van der Waals surface area (Å²) in [4.78, 5) is 4.87. The number of ether oxygens (including phenoxy) is 1. The first-order valence-corrected chi connectivity index (χ1v) is 11.8. The Morgan fingerprint density at radius 1 is 1.19 bits per heavy atom. The predicted molar refractivity (Wildman–Crippen MR) is 134 cm³/mol. The molecule has 7 heteroatoms. The molecule has 2 aliphatic rings. The summed E-state index contributed by atoms with van der Waals surface area (Å²) >= 11 is 1.83. The van der Waals surface area contributed by atoms with Gasteiger partial charge in [-0.1, -0.05) is 6.07 Å². The van der Waals surface area contributed by atoms with E-state index in [0.717, 1.165) is 58.0 Å². The van der Waals surface area contributed by atoms with Crippen LogP contribution in [0.25, 0.3) is 10.1 Å². The maximum Gasteiger partial charge on any atom is 0.119 e. The third kappa shape index (κ3) is 4.93. The van der Waals surface area contributed by atoms with E-state index in [9.17, 15) is 0 Å². The van der Waals surface area contributed by atoms with E-state index in [1.807, 2.05) is 11.3 Å². The molecule has 1 fully saturated rings. The van der Waals surface area contributed by atoms with Crippen molar-refractivity contribution in [3.8, 4) is 5.75 Å². The maximum atomic E-state index is 6.11. The molecule has 0 spiro atoms. The van der Waals surface area contributed by atoms with Crippen LogP contribution in [0, 0.1) is 0 Å². The fourth-order valence-electron chi connectivity index (χ4n) is 4.60. The molecule has 2 aliphatic heterocycles. The molecule has 1 saturated heterocycles. The number of piperazine rings is 1. The van der Waals surface area contributed by atoms with Crippen LogP contribution < -0.4 is 20.3 Å². The van der Waals surface area contributed by atoms with Gasteiger partial charge in [0.1, 0.15) is 5.75 Å². The normalized spacial score (nSPS) is 18.9. The quantitative estimate of drug-likeness (QED) is 0.520. The van der Waals surface area contributed by atoms with Gasteiger partial charge in [-0.3, -0.25) is 4.90 Å². The lowest BCUT2D eigenvalue weighted by Crippen LogP contribution is -2.51. The highest BCUT2D eigenvalue weighted by Gasteiger charge is 2.23. The number of halogens is 1. The van der Waals surface area contributed by atoms with Gasteiger partial charge in [-0.2, -0.15) is 0 Å². The number of hydrogen-bond acceptors (Lipinski definition) is 6. The van der Waals surface area contributed by atoms with E-state index in [2.05, 4.69) is 75.3 Å². The monoisotopic (exact) mass is 458 g/mol. The summed E-state index contributed by atoms with van der Waals surface area (Å²) in [5.41, 5.74) is 3.92. The zero-order valence-electron chi connectivity index (χ0n) is 18.0. The first-order chi connectivity index (χ1) is 14.8. The Labute approximate surface area is 194 Å². The molecule has 5 rings (SSSR count). The molecule has 1 aromatic heterocycles. The molecule has 5 nitrogen and oxygen atoms in total. The van der Waals surface area contributed by atoms with E-state index < -0.39 is 0 Å². The fourth-order valence-corrected chi connectivity index (χ4v) is 5.41. The average molecular weight is 459 g/mol. The molecular formula is C24H31ClN4OS. The lowest BCUT2D eigenvalue weighted by Gasteiger charge is -2.38. The van der Waals surface area contributed by atoms with Gasteiger partial charge in [0.2, 0.25) is 0 Å². The van der Waals surface area contributed by atoms with Gasteiger partial charge in [-0.05, 0) is 67.2 Å². The SMILES string of the molecule is CN1CNc2ccc(OCCCC3CNCCN3c3cccc4sccc34)cc2C1.Cl. The minimum Gasteiger partial charge on any atom is -0.494 e. The Bertz CT molecular complexity index is 1010. The number of rotatable bonds is 6. The largest absolute Gasteiger partial charge is 0.494 e. The minimum absolute atomic E-state index is 0. The van der Waals surface area contributed by atoms with E-state index in [1.165, 1.54) is 27.0 Å². The Balaban J connectivity index is 0.00000231. The molecule has 166 valence electrons. The third-order valence-electron chi connectivity index (χ3n) is 6.14. The molecule has 2 aromatic carbocycles. The van der Waals surface area contributed by atoms with Crippen LogP contribution in [0.1, 0.15) is 18.4 Å². The molecular weight excluding hydrogens is 428 g/mol. The highest BCUT2D eigenvalue weighted by molar-refractivity contribution is 7.17. The van der Waals surface area contributed by atoms with Crippen LogP contribution >= 0.6 is 23.7 Å². The summed E-state index contributed by atoms with van der Waals surface area (Å²) < 4.78 is 7.49. The Morgan fingerprint density at radius 3 is 3.06 bits per heavy atom. The molecule has 0 aliphatic carbocycles. The summed E-state index contributed by atoms with van der Waals surface area (Å²) in [6.45, 7) is 5.78. The van der Waals surface area contributed by atoms with E-state index in [4.69, 9.17) is 4.74 Å². The molecule has 0 amide bonds. The van der Waals surface area contributed by atoms with Crippen molar-refractivity contribution in [2.45, 2.75) is 25.4 Å². The standard InChI is InChI=1S/C24H30N4OS.ClH/c1-27-16-18-14-20(7-8-22(18)26-17-27)29-12-3-4-19-15-25-10-11-28(19)23-5-2-6-24-21(23)9-13-30-24;/h2,5-9,13-14,19,25-26H,3-4,10-12,15-17H2,1H3;1H. The summed E-state index contributed by atoms with van der Waals surface area (Å²) in [6.07, 6.45) is 2.18. The fraction of sp³-hybridized carbons (Fsp3) is 0.417. The second-order valence-electron chi connectivity index (χ2n) is 8.32. The second-order valence-corrected chi connectivity index (χ2v) is 9.27. The van der Waals surface area contributed by atoms with Gasteiger partial charge in [0, 0.05) is 53.7 Å². The second kappa shape index (κ2) is 10.1. The Kier molecular flexibility index (Phi) is 7.23. The van der Waals surface area contributed by atoms with Crippen molar-refractivity contribution >= 4 is 45.2 Å². The van der Waals surface area contributed by atoms with Crippen molar-refractivity contribution in [2.24, 2.45) is 0 Å². The van der Waals surface area contributed by atoms with Crippen molar-refractivity contribution < 1.29 is 4.74 Å². The van der Waals surface area contributed by atoms with Gasteiger partial charge in [-0.25, -0.2) is 0 Å². The molecule has 0 bridgehead atoms. The summed E-state index contributed by atoms with van der Waals surface area (Å²) in [6, 6.07) is 15.9. The van der Waals surface area contributed by atoms with Crippen molar-refractivity contribution in [3.63, 3.8) is 0 Å². The number of fused-ring (bicyclic) bond motifs is 2. The number of hydrogen-bond donors (Lipinski definition) is 2. The summed E-state index contributed by atoms with van der Waals surface area (Å²) in [5.74, 6) is 0.979. The number of nitrogens with zero attached hydrogens (tertiary/aromatic N) is 2. The minimum atomic E-state index is 0. The van der Waals surface area contributed by atoms with Crippen LogP contribution in [0.15, 0.2) is 47.8 Å². The zero-order valence-corrected chi connectivity index (χ0v) is 19.6. The van der Waals surface area contributed by atoms with Crippen molar-refractivity contribution in [2.75, 3.05) is 50.2 Å². The molecule has 31 heavy (non-hydrogen) atoms. The molecule has 3 aromatic rings. The molecule has 0 radical (unpaired) electrons. The van der Waals surface area contributed by atoms with Gasteiger partial charge in [0.25, 0.3) is 0 Å². The highest BCUT2D eigenvalue weighted by atomic mass is 35.5. The predicted octanol–water partition coefficient (Wildman–Crippen LogP) is 4.78. The Hall–Kier alpha value is -1.99. The van der Waals surface area contributed by atoms with Crippen LogP contribution in [0.2, 0.25) is 0 Å². The zero-order chi connectivity index (χ0) is 20.3. The lowest BCUT2D eigenvalue weighted by molar-refractivity contribution is 0.294.